The summed E-state index contributed by atoms with van der Waals surface area (Å²) in [6, 6.07) is 10.8. The summed E-state index contributed by atoms with van der Waals surface area (Å²) in [6.45, 7) is 2.76. The number of nitrogens with zero attached hydrogens (tertiary/aromatic N) is 2. The van der Waals surface area contributed by atoms with Gasteiger partial charge in [0.2, 0.25) is 0 Å². The summed E-state index contributed by atoms with van der Waals surface area (Å²) in [5.74, 6) is -0.785. The van der Waals surface area contributed by atoms with Crippen molar-refractivity contribution in [2.45, 2.75) is 0 Å². The molecule has 1 aliphatic rings. The lowest BCUT2D eigenvalue weighted by Gasteiger charge is -2.30. The molecule has 0 unspecified atom stereocenters. The Labute approximate surface area is 172 Å². The summed E-state index contributed by atoms with van der Waals surface area (Å²) in [4.78, 5) is 18.4. The summed E-state index contributed by atoms with van der Waals surface area (Å²) in [6.07, 6.45) is 1.32. The number of rotatable bonds is 5. The Bertz CT molecular complexity index is 1070. The minimum absolute atomic E-state index is 0.0429. The highest BCUT2D eigenvalue weighted by atomic mass is 35.5. The molecule has 0 bridgehead atoms. The molecule has 0 amide bonds. The summed E-state index contributed by atoms with van der Waals surface area (Å²) in [5, 5.41) is 16.1. The number of anilines is 3. The van der Waals surface area contributed by atoms with Crippen molar-refractivity contribution in [2.24, 2.45) is 0 Å². The highest BCUT2D eigenvalue weighted by molar-refractivity contribution is 6.31. The number of hydrogen-bond acceptors (Lipinski definition) is 7. The normalized spacial score (nSPS) is 14.1. The Morgan fingerprint density at radius 1 is 1.28 bits per heavy atom. The van der Waals surface area contributed by atoms with Crippen LogP contribution in [0, 0.1) is 0 Å². The zero-order valence-corrected chi connectivity index (χ0v) is 16.5. The van der Waals surface area contributed by atoms with Gasteiger partial charge in [0.1, 0.15) is 5.75 Å². The van der Waals surface area contributed by atoms with Crippen LogP contribution in [0.3, 0.4) is 0 Å². The molecule has 1 N–H and O–H groups in total. The maximum absolute atomic E-state index is 11.8. The molecule has 7 nitrogen and oxygen atoms in total. The van der Waals surface area contributed by atoms with Crippen LogP contribution in [0.25, 0.3) is 10.9 Å². The van der Waals surface area contributed by atoms with Crippen LogP contribution in [-0.4, -0.2) is 44.4 Å². The van der Waals surface area contributed by atoms with Crippen LogP contribution in [0.2, 0.25) is 5.02 Å². The molecule has 1 saturated heterocycles. The Morgan fingerprint density at radius 3 is 2.79 bits per heavy atom. The van der Waals surface area contributed by atoms with Crippen molar-refractivity contribution < 1.29 is 19.4 Å². The van der Waals surface area contributed by atoms with Gasteiger partial charge in [0.15, 0.2) is 0 Å². The van der Waals surface area contributed by atoms with Crippen LogP contribution in [0.5, 0.6) is 5.75 Å². The number of carboxylic acid groups (broad SMARTS) is 1. The highest BCUT2D eigenvalue weighted by Crippen LogP contribution is 2.37. The van der Waals surface area contributed by atoms with Crippen LogP contribution in [-0.2, 0) is 4.74 Å². The van der Waals surface area contributed by atoms with Crippen LogP contribution in [0.4, 0.5) is 17.1 Å². The van der Waals surface area contributed by atoms with E-state index >= 15 is 0 Å². The Kier molecular flexibility index (Phi) is 5.42. The molecule has 2 heterocycles. The first-order chi connectivity index (χ1) is 14.1. The van der Waals surface area contributed by atoms with E-state index in [1.807, 2.05) is 18.2 Å². The molecule has 150 valence electrons. The van der Waals surface area contributed by atoms with E-state index in [0.717, 1.165) is 18.8 Å². The fourth-order valence-electron chi connectivity index (χ4n) is 3.47. The first-order valence-corrected chi connectivity index (χ1v) is 9.52. The van der Waals surface area contributed by atoms with Gasteiger partial charge < -0.3 is 29.6 Å². The fraction of sp³-hybridized carbons (Fsp3) is 0.238. The van der Waals surface area contributed by atoms with E-state index < -0.39 is 5.97 Å². The number of fused-ring (bicyclic) bond motifs is 1. The SMILES string of the molecule is COc1ccc(Cl)cc1Nc1c(C(=O)[O-])cnc2c(N3CCOCC3)cccc12. The lowest BCUT2D eigenvalue weighted by Crippen LogP contribution is -2.36. The van der Waals surface area contributed by atoms with Crippen molar-refractivity contribution in [1.29, 1.82) is 0 Å². The first-order valence-electron chi connectivity index (χ1n) is 9.15. The number of benzene rings is 2. The summed E-state index contributed by atoms with van der Waals surface area (Å²) in [5.41, 5.74) is 2.51. The van der Waals surface area contributed by atoms with Gasteiger partial charge in [0, 0.05) is 35.3 Å². The van der Waals surface area contributed by atoms with E-state index in [2.05, 4.69) is 15.2 Å². The molecule has 3 aromatic rings. The number of carboxylic acids is 1. The number of aromatic carboxylic acids is 1. The third-order valence-corrected chi connectivity index (χ3v) is 5.10. The number of hydrogen-bond donors (Lipinski definition) is 1. The Hall–Kier alpha value is -3.03. The van der Waals surface area contributed by atoms with Gasteiger partial charge in [-0.25, -0.2) is 0 Å². The van der Waals surface area contributed by atoms with Crippen molar-refractivity contribution in [2.75, 3.05) is 43.6 Å². The molecule has 1 fully saturated rings. The number of ether oxygens (including phenoxy) is 2. The average Bonchev–Trinajstić information content (AvgIpc) is 2.74. The number of carbonyl (C=O) groups is 1. The van der Waals surface area contributed by atoms with Gasteiger partial charge in [-0.3, -0.25) is 4.98 Å². The van der Waals surface area contributed by atoms with Crippen LogP contribution in [0.1, 0.15) is 10.4 Å². The molecular formula is C21H19ClN3O4-. The van der Waals surface area contributed by atoms with Crippen molar-refractivity contribution in [3.05, 3.63) is 53.2 Å². The standard InChI is InChI=1S/C21H20ClN3O4/c1-28-18-6-5-13(22)11-16(18)24-19-14-3-2-4-17(25-7-9-29-10-8-25)20(14)23-12-15(19)21(26)27/h2-6,11-12H,7-10H2,1H3,(H,23,24)(H,26,27)/p-1. The number of aromatic nitrogens is 1. The summed E-state index contributed by atoms with van der Waals surface area (Å²) < 4.78 is 10.8. The van der Waals surface area contributed by atoms with E-state index in [4.69, 9.17) is 21.1 Å². The Balaban J connectivity index is 1.88. The molecule has 0 aliphatic carbocycles. The lowest BCUT2D eigenvalue weighted by molar-refractivity contribution is -0.254. The Morgan fingerprint density at radius 2 is 2.07 bits per heavy atom. The molecule has 1 aromatic heterocycles. The molecule has 0 spiro atoms. The number of halogens is 1. The largest absolute Gasteiger partial charge is 0.545 e. The number of carbonyl (C=O) groups excluding carboxylic acids is 1. The third kappa shape index (κ3) is 3.79. The molecule has 0 radical (unpaired) electrons. The number of methoxy groups -OCH3 is 1. The minimum atomic E-state index is -1.32. The first kappa shape index (κ1) is 19.3. The van der Waals surface area contributed by atoms with E-state index in [0.29, 0.717) is 46.3 Å². The maximum atomic E-state index is 11.8. The molecule has 4 rings (SSSR count). The second kappa shape index (κ2) is 8.14. The van der Waals surface area contributed by atoms with E-state index in [-0.39, 0.29) is 5.56 Å². The molecule has 0 atom stereocenters. The van der Waals surface area contributed by atoms with Gasteiger partial charge in [-0.1, -0.05) is 23.7 Å². The van der Waals surface area contributed by atoms with Gasteiger partial charge in [0.25, 0.3) is 0 Å². The zero-order chi connectivity index (χ0) is 20.4. The van der Waals surface area contributed by atoms with Gasteiger partial charge >= 0.3 is 0 Å². The van der Waals surface area contributed by atoms with Crippen molar-refractivity contribution in [3.8, 4) is 5.75 Å². The number of para-hydroxylation sites is 1. The van der Waals surface area contributed by atoms with E-state index in [1.165, 1.54) is 13.3 Å². The van der Waals surface area contributed by atoms with Crippen LogP contribution >= 0.6 is 11.6 Å². The smallest absolute Gasteiger partial charge is 0.142 e. The van der Waals surface area contributed by atoms with Gasteiger partial charge in [-0.2, -0.15) is 0 Å². The van der Waals surface area contributed by atoms with E-state index in [1.54, 1.807) is 18.2 Å². The van der Waals surface area contributed by atoms with Crippen molar-refractivity contribution in [3.63, 3.8) is 0 Å². The zero-order valence-electron chi connectivity index (χ0n) is 15.8. The quantitative estimate of drug-likeness (QED) is 0.689. The monoisotopic (exact) mass is 412 g/mol. The molecule has 8 heteroatoms. The molecule has 29 heavy (non-hydrogen) atoms. The number of nitrogens with one attached hydrogen (secondary N) is 1. The second-order valence-corrected chi connectivity index (χ2v) is 7.01. The predicted octanol–water partition coefficient (Wildman–Crippen LogP) is 2.84. The molecule has 1 aliphatic heterocycles. The summed E-state index contributed by atoms with van der Waals surface area (Å²) in [7, 11) is 1.54. The average molecular weight is 413 g/mol. The van der Waals surface area contributed by atoms with Gasteiger partial charge in [0.05, 0.1) is 48.9 Å². The fourth-order valence-corrected chi connectivity index (χ4v) is 3.64. The van der Waals surface area contributed by atoms with Crippen molar-refractivity contribution in [1.82, 2.24) is 4.98 Å². The van der Waals surface area contributed by atoms with Crippen molar-refractivity contribution >= 4 is 45.5 Å². The van der Waals surface area contributed by atoms with Crippen LogP contribution in [0.15, 0.2) is 42.6 Å². The summed E-state index contributed by atoms with van der Waals surface area (Å²) >= 11 is 6.13. The molecule has 2 aromatic carbocycles. The predicted molar refractivity (Wildman–Crippen MR) is 110 cm³/mol. The maximum Gasteiger partial charge on any atom is 0.142 e. The molecule has 0 saturated carbocycles. The van der Waals surface area contributed by atoms with Crippen LogP contribution < -0.4 is 20.1 Å². The topological polar surface area (TPSA) is 86.8 Å². The van der Waals surface area contributed by atoms with Gasteiger partial charge in [-0.15, -0.1) is 0 Å². The van der Waals surface area contributed by atoms with E-state index in [9.17, 15) is 9.90 Å². The lowest BCUT2D eigenvalue weighted by atomic mass is 10.1. The third-order valence-electron chi connectivity index (χ3n) is 4.87. The highest BCUT2D eigenvalue weighted by Gasteiger charge is 2.18. The minimum Gasteiger partial charge on any atom is -0.545 e. The molecular weight excluding hydrogens is 394 g/mol. The second-order valence-electron chi connectivity index (χ2n) is 6.58. The van der Waals surface area contributed by atoms with Gasteiger partial charge in [-0.05, 0) is 24.3 Å². The number of morpholine rings is 1. The number of pyridine rings is 1.